The molecule has 1 atom stereocenters. The molecule has 210 valence electrons. The van der Waals surface area contributed by atoms with Crippen LogP contribution in [-0.2, 0) is 17.6 Å². The molecule has 40 heavy (non-hydrogen) atoms. The van der Waals surface area contributed by atoms with Crippen molar-refractivity contribution in [3.8, 4) is 11.3 Å². The van der Waals surface area contributed by atoms with Gasteiger partial charge in [-0.05, 0) is 81.5 Å². The fraction of sp³-hybridized carbons (Fsp3) is 0.516. The van der Waals surface area contributed by atoms with E-state index in [4.69, 9.17) is 20.4 Å². The van der Waals surface area contributed by atoms with Gasteiger partial charge < -0.3 is 20.3 Å². The molecule has 1 unspecified atom stereocenters. The lowest BCUT2D eigenvalue weighted by atomic mass is 9.81. The molecular formula is C31H39N7O2. The summed E-state index contributed by atoms with van der Waals surface area (Å²) in [6.07, 6.45) is 12.1. The van der Waals surface area contributed by atoms with Crippen molar-refractivity contribution in [1.29, 1.82) is 0 Å². The van der Waals surface area contributed by atoms with Gasteiger partial charge >= 0.3 is 0 Å². The largest absolute Gasteiger partial charge is 0.378 e. The number of amides is 1. The predicted octanol–water partition coefficient (Wildman–Crippen LogP) is 4.34. The molecule has 2 aromatic heterocycles. The second-order valence-electron chi connectivity index (χ2n) is 11.3. The molecule has 1 amide bonds. The summed E-state index contributed by atoms with van der Waals surface area (Å²) in [5.74, 6) is 1.53. The predicted molar refractivity (Wildman–Crippen MR) is 155 cm³/mol. The van der Waals surface area contributed by atoms with Gasteiger partial charge in [-0.2, -0.15) is 0 Å². The number of anilines is 2. The van der Waals surface area contributed by atoms with Crippen molar-refractivity contribution < 1.29 is 9.53 Å². The van der Waals surface area contributed by atoms with Gasteiger partial charge in [0.15, 0.2) is 0 Å². The van der Waals surface area contributed by atoms with Gasteiger partial charge in [-0.25, -0.2) is 19.9 Å². The molecule has 2 aliphatic heterocycles. The molecule has 0 saturated carbocycles. The molecule has 3 aliphatic rings. The summed E-state index contributed by atoms with van der Waals surface area (Å²) in [7, 11) is 0. The Morgan fingerprint density at radius 3 is 2.55 bits per heavy atom. The number of piperidine rings is 1. The number of carbonyl (C=O) groups excluding carboxylic acids is 1. The maximum Gasteiger partial charge on any atom is 0.253 e. The van der Waals surface area contributed by atoms with E-state index in [1.807, 2.05) is 11.0 Å². The number of likely N-dealkylation sites (tertiary alicyclic amines) is 1. The fourth-order valence-electron chi connectivity index (χ4n) is 6.34. The minimum absolute atomic E-state index is 0.169. The van der Waals surface area contributed by atoms with Crippen LogP contribution in [0.15, 0.2) is 30.6 Å². The fourth-order valence-corrected chi connectivity index (χ4v) is 6.34. The van der Waals surface area contributed by atoms with Crippen LogP contribution in [0.25, 0.3) is 11.3 Å². The van der Waals surface area contributed by atoms with E-state index in [1.54, 1.807) is 12.4 Å². The van der Waals surface area contributed by atoms with Gasteiger partial charge in [0.2, 0.25) is 11.9 Å². The lowest BCUT2D eigenvalue weighted by Gasteiger charge is -2.31. The van der Waals surface area contributed by atoms with Gasteiger partial charge in [-0.3, -0.25) is 4.79 Å². The molecular weight excluding hydrogens is 502 g/mol. The first-order chi connectivity index (χ1) is 19.6. The number of benzene rings is 1. The first kappa shape index (κ1) is 26.6. The summed E-state index contributed by atoms with van der Waals surface area (Å²) in [6, 6.07) is 6.26. The van der Waals surface area contributed by atoms with E-state index in [1.165, 1.54) is 23.1 Å². The Hall–Kier alpha value is -3.59. The number of aromatic nitrogens is 4. The van der Waals surface area contributed by atoms with E-state index in [-0.39, 0.29) is 11.9 Å². The normalized spacial score (nSPS) is 19.4. The Morgan fingerprint density at radius 1 is 1.02 bits per heavy atom. The molecule has 0 spiro atoms. The summed E-state index contributed by atoms with van der Waals surface area (Å²) < 4.78 is 5.58. The molecule has 6 rings (SSSR count). The highest BCUT2D eigenvalue weighted by molar-refractivity contribution is 5.94. The van der Waals surface area contributed by atoms with E-state index in [0.717, 1.165) is 99.6 Å². The Bertz CT molecular complexity index is 1350. The van der Waals surface area contributed by atoms with Crippen molar-refractivity contribution in [2.45, 2.75) is 64.2 Å². The number of fused-ring (bicyclic) bond motifs is 1. The topological polar surface area (TPSA) is 110 Å². The van der Waals surface area contributed by atoms with Crippen LogP contribution < -0.4 is 10.6 Å². The quantitative estimate of drug-likeness (QED) is 0.491. The van der Waals surface area contributed by atoms with Crippen LogP contribution in [0.5, 0.6) is 0 Å². The van der Waals surface area contributed by atoms with E-state index >= 15 is 0 Å². The van der Waals surface area contributed by atoms with Crippen LogP contribution >= 0.6 is 0 Å². The van der Waals surface area contributed by atoms with E-state index < -0.39 is 0 Å². The highest BCUT2D eigenvalue weighted by Crippen LogP contribution is 2.39. The van der Waals surface area contributed by atoms with Crippen molar-refractivity contribution in [2.24, 2.45) is 0 Å². The average Bonchev–Trinajstić information content (AvgIpc) is 3.01. The molecule has 2 fully saturated rings. The Morgan fingerprint density at radius 2 is 1.80 bits per heavy atom. The standard InChI is InChI=1S/C31H39N7O2/c1-21-18-24(29(39)37-12-3-2-4-13-37)11-9-22(21)8-10-23-6-5-7-26-27(23)35-31(38-14-16-40-17-15-38)36-28(26)25-19-33-30(32)34-20-25/h9,11,18-20,23H,2-8,10,12-17H2,1H3,(H2,32,33,34). The average molecular weight is 542 g/mol. The van der Waals surface area contributed by atoms with Gasteiger partial charge in [0.1, 0.15) is 0 Å². The summed E-state index contributed by atoms with van der Waals surface area (Å²) in [6.45, 7) is 6.80. The molecule has 3 aromatic rings. The number of ether oxygens (including phenoxy) is 1. The first-order valence-electron chi connectivity index (χ1n) is 14.8. The van der Waals surface area contributed by atoms with Crippen molar-refractivity contribution in [2.75, 3.05) is 50.0 Å². The number of aryl methyl sites for hydroxylation is 2. The minimum atomic E-state index is 0.169. The van der Waals surface area contributed by atoms with E-state index in [2.05, 4.69) is 33.9 Å². The highest BCUT2D eigenvalue weighted by atomic mass is 16.5. The van der Waals surface area contributed by atoms with Crippen molar-refractivity contribution in [3.63, 3.8) is 0 Å². The number of hydrogen-bond acceptors (Lipinski definition) is 8. The van der Waals surface area contributed by atoms with Gasteiger partial charge in [-0.1, -0.05) is 6.07 Å². The summed E-state index contributed by atoms with van der Waals surface area (Å²) in [5.41, 5.74) is 13.3. The van der Waals surface area contributed by atoms with Crippen LogP contribution in [0.3, 0.4) is 0 Å². The molecule has 9 heteroatoms. The van der Waals surface area contributed by atoms with Crippen molar-refractivity contribution >= 4 is 17.8 Å². The summed E-state index contributed by atoms with van der Waals surface area (Å²) in [4.78, 5) is 36.0. The molecule has 2 N–H and O–H groups in total. The number of morpholine rings is 1. The zero-order chi connectivity index (χ0) is 27.5. The van der Waals surface area contributed by atoms with Crippen LogP contribution in [0, 0.1) is 6.92 Å². The van der Waals surface area contributed by atoms with Crippen molar-refractivity contribution in [1.82, 2.24) is 24.8 Å². The Balaban J connectivity index is 1.25. The lowest BCUT2D eigenvalue weighted by Crippen LogP contribution is -2.38. The second kappa shape index (κ2) is 11.9. The van der Waals surface area contributed by atoms with Gasteiger partial charge in [-0.15, -0.1) is 0 Å². The zero-order valence-electron chi connectivity index (χ0n) is 23.4. The van der Waals surface area contributed by atoms with E-state index in [0.29, 0.717) is 19.1 Å². The third kappa shape index (κ3) is 5.66. The molecule has 0 bridgehead atoms. The maximum atomic E-state index is 13.0. The lowest BCUT2D eigenvalue weighted by molar-refractivity contribution is 0.0724. The third-order valence-corrected chi connectivity index (χ3v) is 8.63. The molecule has 1 aromatic carbocycles. The SMILES string of the molecule is Cc1cc(C(=O)N2CCCCC2)ccc1CCC1CCCc2c(-c3cnc(N)nc3)nc(N3CCOCC3)nc21. The van der Waals surface area contributed by atoms with Gasteiger partial charge in [0, 0.05) is 61.2 Å². The minimum Gasteiger partial charge on any atom is -0.378 e. The van der Waals surface area contributed by atoms with Crippen LogP contribution in [0.1, 0.15) is 77.2 Å². The first-order valence-corrected chi connectivity index (χ1v) is 14.8. The molecule has 9 nitrogen and oxygen atoms in total. The van der Waals surface area contributed by atoms with Crippen LogP contribution in [0.4, 0.5) is 11.9 Å². The number of nitrogens with two attached hydrogens (primary N) is 1. The van der Waals surface area contributed by atoms with Crippen LogP contribution in [-0.4, -0.2) is 70.1 Å². The number of carbonyl (C=O) groups is 1. The van der Waals surface area contributed by atoms with Gasteiger partial charge in [0.05, 0.1) is 24.6 Å². The maximum absolute atomic E-state index is 13.0. The molecule has 0 radical (unpaired) electrons. The van der Waals surface area contributed by atoms with Crippen LogP contribution in [0.2, 0.25) is 0 Å². The molecule has 4 heterocycles. The number of hydrogen-bond donors (Lipinski definition) is 1. The number of nitrogens with zero attached hydrogens (tertiary/aromatic N) is 6. The Kier molecular flexibility index (Phi) is 7.91. The summed E-state index contributed by atoms with van der Waals surface area (Å²) in [5, 5.41) is 0. The number of nitrogen functional groups attached to an aromatic ring is 1. The van der Waals surface area contributed by atoms with E-state index in [9.17, 15) is 4.79 Å². The Labute approximate surface area is 236 Å². The smallest absolute Gasteiger partial charge is 0.253 e. The second-order valence-corrected chi connectivity index (χ2v) is 11.3. The molecule has 1 aliphatic carbocycles. The number of rotatable bonds is 6. The zero-order valence-corrected chi connectivity index (χ0v) is 23.4. The van der Waals surface area contributed by atoms with Gasteiger partial charge in [0.25, 0.3) is 5.91 Å². The third-order valence-electron chi connectivity index (χ3n) is 8.63. The monoisotopic (exact) mass is 541 g/mol. The van der Waals surface area contributed by atoms with Crippen molar-refractivity contribution in [3.05, 3.63) is 58.5 Å². The highest BCUT2D eigenvalue weighted by Gasteiger charge is 2.28. The summed E-state index contributed by atoms with van der Waals surface area (Å²) >= 11 is 0. The molecule has 2 saturated heterocycles.